The second kappa shape index (κ2) is 6.26. The Bertz CT molecular complexity index is 867. The summed E-state index contributed by atoms with van der Waals surface area (Å²) in [6, 6.07) is 5.74. The minimum atomic E-state index is -0.791. The number of nitro groups is 1. The van der Waals surface area contributed by atoms with Crippen LogP contribution in [0.1, 0.15) is 28.2 Å². The van der Waals surface area contributed by atoms with Gasteiger partial charge in [0.05, 0.1) is 44.2 Å². The zero-order valence-electron chi connectivity index (χ0n) is 13.4. The fourth-order valence-electron chi connectivity index (χ4n) is 3.10. The summed E-state index contributed by atoms with van der Waals surface area (Å²) in [4.78, 5) is 11.0. The maximum absolute atomic E-state index is 11.4. The van der Waals surface area contributed by atoms with Gasteiger partial charge in [0.2, 0.25) is 0 Å². The zero-order chi connectivity index (χ0) is 18.2. The lowest BCUT2D eigenvalue weighted by Crippen LogP contribution is -2.20. The molecule has 0 radical (unpaired) electrons. The van der Waals surface area contributed by atoms with Crippen molar-refractivity contribution < 1.29 is 4.92 Å². The van der Waals surface area contributed by atoms with Gasteiger partial charge in [-0.25, -0.2) is 0 Å². The van der Waals surface area contributed by atoms with E-state index in [9.17, 15) is 20.6 Å². The lowest BCUT2D eigenvalue weighted by molar-refractivity contribution is -0.386. The third kappa shape index (κ3) is 2.57. The lowest BCUT2D eigenvalue weighted by Gasteiger charge is -2.26. The summed E-state index contributed by atoms with van der Waals surface area (Å²) >= 11 is 0.966. The van der Waals surface area contributed by atoms with Crippen LogP contribution in [0.2, 0.25) is 0 Å². The van der Waals surface area contributed by atoms with Gasteiger partial charge in [0.1, 0.15) is 0 Å². The van der Waals surface area contributed by atoms with Crippen LogP contribution in [0.25, 0.3) is 0 Å². The molecule has 0 saturated carbocycles. The summed E-state index contributed by atoms with van der Waals surface area (Å²) in [5.74, 6) is -0.791. The number of nitriles is 2. The normalized spacial score (nSPS) is 15.2. The van der Waals surface area contributed by atoms with E-state index in [0.29, 0.717) is 16.7 Å². The molecule has 1 aliphatic heterocycles. The number of rotatable bonds is 2. The number of hydrogen-bond acceptors (Lipinski definition) is 7. The summed E-state index contributed by atoms with van der Waals surface area (Å²) in [7, 11) is 0. The van der Waals surface area contributed by atoms with Gasteiger partial charge in [0, 0.05) is 11.1 Å². The average molecular weight is 341 g/mol. The summed E-state index contributed by atoms with van der Waals surface area (Å²) in [5.41, 5.74) is 14.4. The molecule has 1 aromatic rings. The summed E-state index contributed by atoms with van der Waals surface area (Å²) in [5, 5.41) is 30.8. The Hall–Kier alpha value is -2.97. The molecule has 0 saturated heterocycles. The highest BCUT2D eigenvalue weighted by atomic mass is 32.2. The molecule has 24 heavy (non-hydrogen) atoms. The smallest absolute Gasteiger partial charge is 0.275 e. The van der Waals surface area contributed by atoms with Crippen molar-refractivity contribution in [3.05, 3.63) is 59.6 Å². The van der Waals surface area contributed by atoms with Crippen LogP contribution in [0, 0.1) is 53.5 Å². The molecule has 0 aliphatic carbocycles. The molecule has 4 N–H and O–H groups in total. The first-order valence-electron chi connectivity index (χ1n) is 6.96. The van der Waals surface area contributed by atoms with Crippen molar-refractivity contribution in [3.63, 3.8) is 0 Å². The molecule has 0 fully saturated rings. The molecule has 0 spiro atoms. The maximum Gasteiger partial charge on any atom is 0.275 e. The monoisotopic (exact) mass is 341 g/mol. The van der Waals surface area contributed by atoms with Crippen molar-refractivity contribution in [2.75, 3.05) is 0 Å². The second-order valence-electron chi connectivity index (χ2n) is 5.47. The second-order valence-corrected chi connectivity index (χ2v) is 6.55. The van der Waals surface area contributed by atoms with Gasteiger partial charge in [-0.1, -0.05) is 11.8 Å². The van der Waals surface area contributed by atoms with E-state index >= 15 is 0 Å². The van der Waals surface area contributed by atoms with Gasteiger partial charge in [-0.2, -0.15) is 10.5 Å². The Labute approximate surface area is 143 Å². The van der Waals surface area contributed by atoms with E-state index in [1.165, 1.54) is 0 Å². The topological polar surface area (TPSA) is 143 Å². The minimum Gasteiger partial charge on any atom is -0.392 e. The maximum atomic E-state index is 11.4. The molecule has 1 heterocycles. The SMILES string of the molecule is Cc1cc(C)c([N+](=O)[O-])c(C)c1C1C(C#N)=C(N)SC(N)=C1C#N. The van der Waals surface area contributed by atoms with Crippen LogP contribution in [-0.2, 0) is 0 Å². The third-order valence-corrected chi connectivity index (χ3v) is 4.91. The van der Waals surface area contributed by atoms with Crippen molar-refractivity contribution in [3.8, 4) is 12.1 Å². The van der Waals surface area contributed by atoms with E-state index < -0.39 is 10.8 Å². The van der Waals surface area contributed by atoms with E-state index in [-0.39, 0.29) is 26.9 Å². The van der Waals surface area contributed by atoms with Crippen LogP contribution in [-0.4, -0.2) is 4.92 Å². The van der Waals surface area contributed by atoms with E-state index in [2.05, 4.69) is 0 Å². The number of aryl methyl sites for hydroxylation is 2. The van der Waals surface area contributed by atoms with Crippen LogP contribution in [0.3, 0.4) is 0 Å². The standard InChI is InChI=1S/C16H15N5O2S/c1-7-4-8(2)14(21(22)23)9(3)12(7)13-10(5-17)15(19)24-16(20)11(13)6-18/h4,13H,19-20H2,1-3H3. The van der Waals surface area contributed by atoms with Crippen LogP contribution >= 0.6 is 11.8 Å². The largest absolute Gasteiger partial charge is 0.392 e. The number of nitrogens with two attached hydrogens (primary N) is 2. The minimum absolute atomic E-state index is 0.0273. The van der Waals surface area contributed by atoms with Crippen molar-refractivity contribution in [1.82, 2.24) is 0 Å². The molecule has 122 valence electrons. The number of benzene rings is 1. The number of allylic oxidation sites excluding steroid dienone is 2. The zero-order valence-corrected chi connectivity index (χ0v) is 14.2. The van der Waals surface area contributed by atoms with Gasteiger partial charge in [0.15, 0.2) is 0 Å². The van der Waals surface area contributed by atoms with Crippen molar-refractivity contribution in [1.29, 1.82) is 10.5 Å². The van der Waals surface area contributed by atoms with Gasteiger partial charge in [0.25, 0.3) is 5.69 Å². The first-order chi connectivity index (χ1) is 11.2. The number of hydrogen-bond donors (Lipinski definition) is 2. The van der Waals surface area contributed by atoms with Gasteiger partial charge in [-0.3, -0.25) is 10.1 Å². The first kappa shape index (κ1) is 17.4. The van der Waals surface area contributed by atoms with E-state index in [0.717, 1.165) is 17.3 Å². The molecular weight excluding hydrogens is 326 g/mol. The number of nitrogens with zero attached hydrogens (tertiary/aromatic N) is 3. The fourth-order valence-corrected chi connectivity index (χ4v) is 3.88. The Balaban J connectivity index is 2.90. The third-order valence-electron chi connectivity index (χ3n) is 4.03. The molecule has 0 atom stereocenters. The van der Waals surface area contributed by atoms with Crippen LogP contribution in [0.15, 0.2) is 27.3 Å². The van der Waals surface area contributed by atoms with E-state index in [1.54, 1.807) is 26.8 Å². The molecule has 2 rings (SSSR count). The summed E-state index contributed by atoms with van der Waals surface area (Å²) in [6.45, 7) is 5.06. The predicted molar refractivity (Wildman–Crippen MR) is 91.3 cm³/mol. The average Bonchev–Trinajstić information content (AvgIpc) is 2.46. The van der Waals surface area contributed by atoms with Gasteiger partial charge < -0.3 is 11.5 Å². The molecule has 1 aromatic carbocycles. The number of nitro benzene ring substituents is 1. The van der Waals surface area contributed by atoms with E-state index in [4.69, 9.17) is 11.5 Å². The highest BCUT2D eigenvalue weighted by Gasteiger charge is 2.35. The fraction of sp³-hybridized carbons (Fsp3) is 0.250. The molecule has 7 nitrogen and oxygen atoms in total. The Morgan fingerprint density at radius 2 is 1.62 bits per heavy atom. The van der Waals surface area contributed by atoms with Crippen LogP contribution in [0.5, 0.6) is 0 Å². The van der Waals surface area contributed by atoms with Crippen molar-refractivity contribution in [2.45, 2.75) is 26.7 Å². The lowest BCUT2D eigenvalue weighted by atomic mass is 9.80. The molecule has 1 aliphatic rings. The molecule has 0 unspecified atom stereocenters. The van der Waals surface area contributed by atoms with Crippen molar-refractivity contribution in [2.24, 2.45) is 11.5 Å². The summed E-state index contributed by atoms with van der Waals surface area (Å²) < 4.78 is 0. The molecule has 0 bridgehead atoms. The Kier molecular flexibility index (Phi) is 4.54. The highest BCUT2D eigenvalue weighted by Crippen LogP contribution is 2.46. The quantitative estimate of drug-likeness (QED) is 0.621. The van der Waals surface area contributed by atoms with Gasteiger partial charge in [-0.05, 0) is 38.0 Å². The van der Waals surface area contributed by atoms with Crippen LogP contribution < -0.4 is 11.5 Å². The first-order valence-corrected chi connectivity index (χ1v) is 7.78. The number of thioether (sulfide) groups is 1. The molecular formula is C16H15N5O2S. The van der Waals surface area contributed by atoms with Crippen molar-refractivity contribution >= 4 is 17.4 Å². The Morgan fingerprint density at radius 3 is 2.04 bits per heavy atom. The van der Waals surface area contributed by atoms with Crippen LogP contribution in [0.4, 0.5) is 5.69 Å². The van der Waals surface area contributed by atoms with Gasteiger partial charge >= 0.3 is 0 Å². The van der Waals surface area contributed by atoms with Gasteiger partial charge in [-0.15, -0.1) is 0 Å². The summed E-state index contributed by atoms with van der Waals surface area (Å²) in [6.07, 6.45) is 0. The molecule has 0 aromatic heterocycles. The molecule has 0 amide bonds. The highest BCUT2D eigenvalue weighted by molar-refractivity contribution is 8.06. The molecule has 8 heteroatoms. The predicted octanol–water partition coefficient (Wildman–Crippen LogP) is 2.74. The Morgan fingerprint density at radius 1 is 1.12 bits per heavy atom. The van der Waals surface area contributed by atoms with E-state index in [1.807, 2.05) is 12.1 Å².